The number of allylic oxidation sites excluding steroid dienone is 1. The Balaban J connectivity index is 3.62. The highest BCUT2D eigenvalue weighted by atomic mass is 31.0. The van der Waals surface area contributed by atoms with Gasteiger partial charge in [-0.3, -0.25) is 0 Å². The van der Waals surface area contributed by atoms with E-state index in [1.807, 2.05) is 0 Å². The van der Waals surface area contributed by atoms with Crippen molar-refractivity contribution < 1.29 is 0 Å². The highest BCUT2D eigenvalue weighted by Crippen LogP contribution is 2.29. The Morgan fingerprint density at radius 1 is 1.07 bits per heavy atom. The van der Waals surface area contributed by atoms with Crippen LogP contribution >= 0.6 is 9.24 Å². The van der Waals surface area contributed by atoms with Crippen LogP contribution in [-0.2, 0) is 0 Å². The summed E-state index contributed by atoms with van der Waals surface area (Å²) in [5.41, 5.74) is 1.68. The van der Waals surface area contributed by atoms with Gasteiger partial charge in [0.2, 0.25) is 0 Å². The van der Waals surface area contributed by atoms with E-state index >= 15 is 0 Å². The van der Waals surface area contributed by atoms with E-state index in [0.717, 1.165) is 0 Å². The van der Waals surface area contributed by atoms with Crippen molar-refractivity contribution in [2.75, 3.05) is 0 Å². The average molecular weight is 214 g/mol. The maximum atomic E-state index is 4.15. The van der Waals surface area contributed by atoms with Crippen LogP contribution in [0.2, 0.25) is 0 Å². The molecule has 0 aliphatic rings. The zero-order valence-corrected chi connectivity index (χ0v) is 11.8. The minimum Gasteiger partial charge on any atom is -0.132 e. The molecule has 0 amide bonds. The van der Waals surface area contributed by atoms with Crippen LogP contribution in [0.3, 0.4) is 0 Å². The fourth-order valence-electron chi connectivity index (χ4n) is 1.29. The van der Waals surface area contributed by atoms with Crippen molar-refractivity contribution in [3.05, 3.63) is 12.2 Å². The van der Waals surface area contributed by atoms with E-state index in [0.29, 0.717) is 5.16 Å². The van der Waals surface area contributed by atoms with Gasteiger partial charge >= 0.3 is 0 Å². The predicted octanol–water partition coefficient (Wildman–Crippen LogP) is 4.80. The Kier molecular flexibility index (Phi) is 5.37. The van der Waals surface area contributed by atoms with Crippen LogP contribution < -0.4 is 0 Å². The molecule has 14 heavy (non-hydrogen) atoms. The van der Waals surface area contributed by atoms with Crippen molar-refractivity contribution in [3.8, 4) is 0 Å². The van der Waals surface area contributed by atoms with E-state index < -0.39 is 0 Å². The van der Waals surface area contributed by atoms with Gasteiger partial charge in [0.1, 0.15) is 0 Å². The fraction of sp³-hybridized carbons (Fsp3) is 0.846. The first kappa shape index (κ1) is 14.2. The van der Waals surface area contributed by atoms with Crippen LogP contribution in [0.4, 0.5) is 0 Å². The molecule has 0 aliphatic carbocycles. The lowest BCUT2D eigenvalue weighted by atomic mass is 9.84. The Morgan fingerprint density at radius 3 is 1.93 bits per heavy atom. The zero-order chi connectivity index (χ0) is 11.4. The van der Waals surface area contributed by atoms with Gasteiger partial charge in [0, 0.05) is 0 Å². The molecular formula is C13H27P. The molecule has 0 bridgehead atoms. The van der Waals surface area contributed by atoms with Gasteiger partial charge in [-0.15, -0.1) is 9.24 Å². The molecular weight excluding hydrogens is 187 g/mol. The second kappa shape index (κ2) is 5.31. The lowest BCUT2D eigenvalue weighted by Gasteiger charge is -2.22. The fourth-order valence-corrected chi connectivity index (χ4v) is 1.50. The predicted molar refractivity (Wildman–Crippen MR) is 70.9 cm³/mol. The second-order valence-corrected chi connectivity index (χ2v) is 7.61. The molecule has 0 heterocycles. The highest BCUT2D eigenvalue weighted by Gasteiger charge is 2.15. The molecule has 0 N–H and O–H groups in total. The summed E-state index contributed by atoms with van der Waals surface area (Å²) >= 11 is 0. The van der Waals surface area contributed by atoms with Crippen LogP contribution in [-0.4, -0.2) is 5.16 Å². The molecule has 1 unspecified atom stereocenters. The molecule has 0 aliphatic heterocycles. The molecule has 0 fully saturated rings. The summed E-state index contributed by atoms with van der Waals surface area (Å²) in [4.78, 5) is 0. The van der Waals surface area contributed by atoms with Crippen LogP contribution in [0.25, 0.3) is 0 Å². The molecule has 1 heteroatoms. The summed E-state index contributed by atoms with van der Waals surface area (Å²) in [7, 11) is 2.91. The highest BCUT2D eigenvalue weighted by molar-refractivity contribution is 7.18. The molecule has 0 aromatic rings. The number of unbranched alkanes of at least 4 members (excludes halogenated alkanes) is 1. The molecule has 0 rings (SSSR count). The lowest BCUT2D eigenvalue weighted by molar-refractivity contribution is 0.469. The molecule has 0 saturated carbocycles. The minimum absolute atomic E-state index is 0.288. The van der Waals surface area contributed by atoms with Crippen molar-refractivity contribution in [3.63, 3.8) is 0 Å². The SMILES string of the molecule is C=C(CCCCC(C)(C)P)C(C)(C)C. The van der Waals surface area contributed by atoms with Gasteiger partial charge in [-0.2, -0.15) is 0 Å². The van der Waals surface area contributed by atoms with E-state index in [4.69, 9.17) is 0 Å². The topological polar surface area (TPSA) is 0 Å². The van der Waals surface area contributed by atoms with Gasteiger partial charge in [-0.05, 0) is 29.8 Å². The summed E-state index contributed by atoms with van der Waals surface area (Å²) < 4.78 is 0. The molecule has 1 atom stereocenters. The first-order valence-corrected chi connectivity index (χ1v) is 6.18. The van der Waals surface area contributed by atoms with Crippen LogP contribution in [0, 0.1) is 5.41 Å². The quantitative estimate of drug-likeness (QED) is 0.350. The first-order chi connectivity index (χ1) is 6.13. The Labute approximate surface area is 92.8 Å². The monoisotopic (exact) mass is 214 g/mol. The average Bonchev–Trinajstić information content (AvgIpc) is 1.93. The second-order valence-electron chi connectivity index (χ2n) is 6.05. The van der Waals surface area contributed by atoms with Crippen molar-refractivity contribution in [2.45, 2.75) is 65.5 Å². The molecule has 0 radical (unpaired) electrons. The molecule has 84 valence electrons. The third-order valence-corrected chi connectivity index (χ3v) is 2.90. The van der Waals surface area contributed by atoms with E-state index in [9.17, 15) is 0 Å². The van der Waals surface area contributed by atoms with Gasteiger partial charge in [-0.1, -0.05) is 53.2 Å². The summed E-state index contributed by atoms with van der Waals surface area (Å²) in [5.74, 6) is 0. The molecule has 0 nitrogen and oxygen atoms in total. The van der Waals surface area contributed by atoms with Gasteiger partial charge in [-0.25, -0.2) is 0 Å². The number of hydrogen-bond acceptors (Lipinski definition) is 0. The van der Waals surface area contributed by atoms with Crippen molar-refractivity contribution >= 4 is 9.24 Å². The zero-order valence-electron chi connectivity index (χ0n) is 10.6. The van der Waals surface area contributed by atoms with Crippen molar-refractivity contribution in [1.82, 2.24) is 0 Å². The normalized spacial score (nSPS) is 13.0. The summed E-state index contributed by atoms with van der Waals surface area (Å²) in [6.07, 6.45) is 5.07. The Morgan fingerprint density at radius 2 is 1.57 bits per heavy atom. The largest absolute Gasteiger partial charge is 0.132 e. The van der Waals surface area contributed by atoms with E-state index in [-0.39, 0.29) is 5.41 Å². The maximum absolute atomic E-state index is 4.15. The number of rotatable bonds is 5. The van der Waals surface area contributed by atoms with Crippen LogP contribution in [0.15, 0.2) is 12.2 Å². The van der Waals surface area contributed by atoms with Gasteiger partial charge in [0.05, 0.1) is 0 Å². The van der Waals surface area contributed by atoms with E-state index in [2.05, 4.69) is 50.4 Å². The van der Waals surface area contributed by atoms with E-state index in [1.54, 1.807) is 0 Å². The summed E-state index contributed by atoms with van der Waals surface area (Å²) in [5, 5.41) is 0.406. The van der Waals surface area contributed by atoms with Crippen molar-refractivity contribution in [2.24, 2.45) is 5.41 Å². The minimum atomic E-state index is 0.288. The molecule has 0 aromatic carbocycles. The Bertz CT molecular complexity index is 178. The smallest absolute Gasteiger partial charge is 0.0176 e. The molecule has 0 spiro atoms. The van der Waals surface area contributed by atoms with Crippen LogP contribution in [0.1, 0.15) is 60.3 Å². The van der Waals surface area contributed by atoms with Gasteiger partial charge in [0.15, 0.2) is 0 Å². The van der Waals surface area contributed by atoms with Gasteiger partial charge in [0.25, 0.3) is 0 Å². The Hall–Kier alpha value is 0.170. The molecule has 0 aromatic heterocycles. The first-order valence-electron chi connectivity index (χ1n) is 5.60. The van der Waals surface area contributed by atoms with E-state index in [1.165, 1.54) is 31.3 Å². The number of hydrogen-bond donors (Lipinski definition) is 0. The third kappa shape index (κ3) is 7.56. The summed E-state index contributed by atoms with van der Waals surface area (Å²) in [6, 6.07) is 0. The summed E-state index contributed by atoms with van der Waals surface area (Å²) in [6.45, 7) is 15.4. The van der Waals surface area contributed by atoms with Crippen molar-refractivity contribution in [1.29, 1.82) is 0 Å². The van der Waals surface area contributed by atoms with Gasteiger partial charge < -0.3 is 0 Å². The van der Waals surface area contributed by atoms with Crippen LogP contribution in [0.5, 0.6) is 0 Å². The molecule has 0 saturated heterocycles. The standard InChI is InChI=1S/C13H27P/c1-11(12(2,3)4)9-7-8-10-13(5,6)14/h1,7-10,14H2,2-6H3. The maximum Gasteiger partial charge on any atom is -0.0176 e. The third-order valence-electron chi connectivity index (χ3n) is 2.61. The lowest BCUT2D eigenvalue weighted by Crippen LogP contribution is -2.10.